The maximum atomic E-state index is 13.2. The summed E-state index contributed by atoms with van der Waals surface area (Å²) in [6.45, 7) is 2.74. The fourth-order valence-electron chi connectivity index (χ4n) is 2.94. The molecule has 1 atom stereocenters. The molecule has 142 valence electrons. The van der Waals surface area contributed by atoms with E-state index in [2.05, 4.69) is 5.32 Å². The van der Waals surface area contributed by atoms with Crippen molar-refractivity contribution in [2.45, 2.75) is 12.3 Å². The van der Waals surface area contributed by atoms with Crippen molar-refractivity contribution in [3.8, 4) is 0 Å². The molecule has 0 saturated carbocycles. The molecule has 27 heavy (non-hydrogen) atoms. The monoisotopic (exact) mass is 388 g/mol. The zero-order valence-corrected chi connectivity index (χ0v) is 16.0. The number of ether oxygens (including phenoxy) is 1. The van der Waals surface area contributed by atoms with Gasteiger partial charge in [0.05, 0.1) is 11.3 Å². The van der Waals surface area contributed by atoms with Gasteiger partial charge < -0.3 is 10.1 Å². The summed E-state index contributed by atoms with van der Waals surface area (Å²) in [7, 11) is 1.79. The number of amides is 1. The van der Waals surface area contributed by atoms with Crippen LogP contribution in [0.3, 0.4) is 0 Å². The van der Waals surface area contributed by atoms with E-state index in [4.69, 9.17) is 4.74 Å². The molecule has 1 unspecified atom stereocenters. The van der Waals surface area contributed by atoms with Crippen LogP contribution in [-0.4, -0.2) is 37.8 Å². The number of rotatable bonds is 6. The minimum atomic E-state index is -0.392. The van der Waals surface area contributed by atoms with Gasteiger partial charge in [-0.05, 0) is 55.4 Å². The second kappa shape index (κ2) is 8.54. The summed E-state index contributed by atoms with van der Waals surface area (Å²) in [5, 5.41) is 2.70. The predicted molar refractivity (Wildman–Crippen MR) is 104 cm³/mol. The Bertz CT molecular complexity index is 842. The van der Waals surface area contributed by atoms with Crippen LogP contribution in [0.25, 0.3) is 0 Å². The van der Waals surface area contributed by atoms with Crippen molar-refractivity contribution in [3.63, 3.8) is 0 Å². The molecule has 0 bridgehead atoms. The molecule has 7 heteroatoms. The quantitative estimate of drug-likeness (QED) is 0.608. The third kappa shape index (κ3) is 4.31. The number of benzene rings is 2. The Morgan fingerprint density at radius 1 is 1.30 bits per heavy atom. The third-order valence-corrected chi connectivity index (χ3v) is 5.51. The summed E-state index contributed by atoms with van der Waals surface area (Å²) in [6, 6.07) is 11.4. The predicted octanol–water partition coefficient (Wildman–Crippen LogP) is 3.29. The molecular formula is C20H21FN2O3S. The molecule has 5 nitrogen and oxygen atoms in total. The number of carbonyl (C=O) groups is 2. The largest absolute Gasteiger partial charge is 0.461 e. The van der Waals surface area contributed by atoms with Gasteiger partial charge in [-0.25, -0.2) is 9.18 Å². The molecule has 1 aliphatic rings. The third-order valence-electron chi connectivity index (χ3n) is 4.30. The second-order valence-electron chi connectivity index (χ2n) is 6.22. The molecule has 0 aliphatic carbocycles. The van der Waals surface area contributed by atoms with Gasteiger partial charge in [-0.1, -0.05) is 12.1 Å². The lowest BCUT2D eigenvalue weighted by Gasteiger charge is -2.26. The van der Waals surface area contributed by atoms with E-state index >= 15 is 0 Å². The molecule has 1 heterocycles. The van der Waals surface area contributed by atoms with E-state index in [-0.39, 0.29) is 17.1 Å². The van der Waals surface area contributed by atoms with Crippen LogP contribution >= 0.6 is 11.8 Å². The van der Waals surface area contributed by atoms with Gasteiger partial charge in [-0.3, -0.25) is 9.69 Å². The topological polar surface area (TPSA) is 58.6 Å². The van der Waals surface area contributed by atoms with E-state index in [0.29, 0.717) is 24.5 Å². The molecule has 0 radical (unpaired) electrons. The van der Waals surface area contributed by atoms with E-state index in [9.17, 15) is 14.0 Å². The Balaban J connectivity index is 1.84. The molecule has 3 rings (SSSR count). The fourth-order valence-corrected chi connectivity index (χ4v) is 4.11. The van der Waals surface area contributed by atoms with E-state index < -0.39 is 5.97 Å². The summed E-state index contributed by atoms with van der Waals surface area (Å²) in [5.74, 6) is -0.356. The Kier molecular flexibility index (Phi) is 6.13. The molecule has 1 fully saturated rings. The Labute approximate surface area is 161 Å². The lowest BCUT2D eigenvalue weighted by Crippen LogP contribution is -2.28. The van der Waals surface area contributed by atoms with Crippen molar-refractivity contribution >= 4 is 29.3 Å². The number of nitrogens with one attached hydrogen (secondary N) is 1. The second-order valence-corrected chi connectivity index (χ2v) is 7.29. The zero-order valence-electron chi connectivity index (χ0n) is 15.2. The summed E-state index contributed by atoms with van der Waals surface area (Å²) in [4.78, 5) is 26.3. The number of aryl methyl sites for hydroxylation is 1. The van der Waals surface area contributed by atoms with E-state index in [1.165, 1.54) is 23.9 Å². The molecule has 1 amide bonds. The lowest BCUT2D eigenvalue weighted by molar-refractivity contribution is -0.115. The maximum Gasteiger partial charge on any atom is 0.338 e. The highest BCUT2D eigenvalue weighted by Gasteiger charge is 2.34. The number of hydrogen-bond donors (Lipinski definition) is 1. The van der Waals surface area contributed by atoms with Crippen molar-refractivity contribution < 1.29 is 18.7 Å². The standard InChI is InChI=1S/C20H21FN2O3S/c1-13-11-15(20(25)26-10-9-22-2)5-8-17(13)23-18(24)12-27-19(23)14-3-6-16(21)7-4-14/h3-8,11,19,22H,9-10,12H2,1-2H3. The number of hydrogen-bond acceptors (Lipinski definition) is 5. The van der Waals surface area contributed by atoms with Crippen molar-refractivity contribution in [2.75, 3.05) is 30.9 Å². The van der Waals surface area contributed by atoms with Gasteiger partial charge in [0, 0.05) is 12.2 Å². The van der Waals surface area contributed by atoms with Crippen molar-refractivity contribution in [1.82, 2.24) is 5.32 Å². The number of esters is 1. The van der Waals surface area contributed by atoms with Crippen LogP contribution in [0.5, 0.6) is 0 Å². The molecule has 1 N–H and O–H groups in total. The average Bonchev–Trinajstić information content (AvgIpc) is 3.03. The molecule has 1 aliphatic heterocycles. The lowest BCUT2D eigenvalue weighted by atomic mass is 10.1. The molecule has 0 spiro atoms. The van der Waals surface area contributed by atoms with Crippen molar-refractivity contribution in [1.29, 1.82) is 0 Å². The van der Waals surface area contributed by atoms with Gasteiger partial charge in [0.15, 0.2) is 0 Å². The van der Waals surface area contributed by atoms with Gasteiger partial charge in [0.2, 0.25) is 5.91 Å². The number of anilines is 1. The number of likely N-dealkylation sites (N-methyl/N-ethyl adjacent to an activating group) is 1. The molecule has 2 aromatic carbocycles. The normalized spacial score (nSPS) is 16.6. The average molecular weight is 388 g/mol. The van der Waals surface area contributed by atoms with Crippen LogP contribution in [-0.2, 0) is 9.53 Å². The van der Waals surface area contributed by atoms with E-state index in [1.807, 2.05) is 6.92 Å². The Morgan fingerprint density at radius 3 is 2.70 bits per heavy atom. The van der Waals surface area contributed by atoms with Crippen LogP contribution in [0.4, 0.5) is 10.1 Å². The number of nitrogens with zero attached hydrogens (tertiary/aromatic N) is 1. The maximum absolute atomic E-state index is 13.2. The fraction of sp³-hybridized carbons (Fsp3) is 0.300. The minimum absolute atomic E-state index is 0.0122. The number of thioether (sulfide) groups is 1. The Hall–Kier alpha value is -2.38. The summed E-state index contributed by atoms with van der Waals surface area (Å²) >= 11 is 1.50. The van der Waals surface area contributed by atoms with Crippen LogP contribution in [0, 0.1) is 12.7 Å². The molecule has 0 aromatic heterocycles. The van der Waals surface area contributed by atoms with Gasteiger partial charge in [-0.15, -0.1) is 11.8 Å². The number of halogens is 1. The molecular weight excluding hydrogens is 367 g/mol. The molecule has 1 saturated heterocycles. The molecule has 2 aromatic rings. The van der Waals surface area contributed by atoms with Crippen LogP contribution in [0.15, 0.2) is 42.5 Å². The highest BCUT2D eigenvalue weighted by Crippen LogP contribution is 2.42. The highest BCUT2D eigenvalue weighted by atomic mass is 32.2. The van der Waals surface area contributed by atoms with E-state index in [1.54, 1.807) is 42.3 Å². The number of carbonyl (C=O) groups excluding carboxylic acids is 2. The first-order valence-electron chi connectivity index (χ1n) is 8.63. The minimum Gasteiger partial charge on any atom is -0.461 e. The smallest absolute Gasteiger partial charge is 0.338 e. The summed E-state index contributed by atoms with van der Waals surface area (Å²) in [6.07, 6.45) is 0. The van der Waals surface area contributed by atoms with Crippen molar-refractivity contribution in [2.24, 2.45) is 0 Å². The SMILES string of the molecule is CNCCOC(=O)c1ccc(N2C(=O)CSC2c2ccc(F)cc2)c(C)c1. The van der Waals surface area contributed by atoms with Gasteiger partial charge in [0.25, 0.3) is 0 Å². The van der Waals surface area contributed by atoms with E-state index in [0.717, 1.165) is 16.8 Å². The first kappa shape index (κ1) is 19.4. The van der Waals surface area contributed by atoms with Crippen LogP contribution < -0.4 is 10.2 Å². The van der Waals surface area contributed by atoms with Gasteiger partial charge in [-0.2, -0.15) is 0 Å². The van der Waals surface area contributed by atoms with Crippen LogP contribution in [0.1, 0.15) is 26.9 Å². The van der Waals surface area contributed by atoms with Crippen LogP contribution in [0.2, 0.25) is 0 Å². The summed E-state index contributed by atoms with van der Waals surface area (Å²) in [5.41, 5.74) is 2.86. The first-order chi connectivity index (χ1) is 13.0. The zero-order chi connectivity index (χ0) is 19.4. The van der Waals surface area contributed by atoms with Gasteiger partial charge >= 0.3 is 5.97 Å². The Morgan fingerprint density at radius 2 is 2.04 bits per heavy atom. The first-order valence-corrected chi connectivity index (χ1v) is 9.67. The highest BCUT2D eigenvalue weighted by molar-refractivity contribution is 8.00. The van der Waals surface area contributed by atoms with Gasteiger partial charge in [0.1, 0.15) is 17.8 Å². The summed E-state index contributed by atoms with van der Waals surface area (Å²) < 4.78 is 18.4. The van der Waals surface area contributed by atoms with Crippen molar-refractivity contribution in [3.05, 3.63) is 65.0 Å².